The van der Waals surface area contributed by atoms with Crippen LogP contribution >= 0.6 is 0 Å². The van der Waals surface area contributed by atoms with Crippen molar-refractivity contribution in [2.45, 2.75) is 32.7 Å². The summed E-state index contributed by atoms with van der Waals surface area (Å²) in [4.78, 5) is 16.2. The summed E-state index contributed by atoms with van der Waals surface area (Å²) in [6.45, 7) is 2.97. The van der Waals surface area contributed by atoms with Crippen molar-refractivity contribution in [1.82, 2.24) is 10.3 Å². The summed E-state index contributed by atoms with van der Waals surface area (Å²) in [5.41, 5.74) is 0.799. The molecule has 1 fully saturated rings. The van der Waals surface area contributed by atoms with Gasteiger partial charge in [0.1, 0.15) is 0 Å². The number of unbranched alkanes of at least 4 members (excludes halogenated alkanes) is 1. The number of ether oxygens (including phenoxy) is 1. The van der Waals surface area contributed by atoms with Crippen LogP contribution in [0.4, 0.5) is 0 Å². The van der Waals surface area contributed by atoms with Crippen LogP contribution in [0.15, 0.2) is 18.3 Å². The molecule has 0 spiro atoms. The molecule has 2 rings (SSSR count). The summed E-state index contributed by atoms with van der Waals surface area (Å²) < 4.78 is 28.4. The third kappa shape index (κ3) is 4.69. The SMILES string of the molecule is CCCCOc1ncccc1CNC(=O)C1CCS(=O)(=O)C1. The highest BCUT2D eigenvalue weighted by molar-refractivity contribution is 7.91. The molecule has 2 heterocycles. The van der Waals surface area contributed by atoms with Crippen molar-refractivity contribution in [3.8, 4) is 5.88 Å². The molecule has 0 radical (unpaired) electrons. The van der Waals surface area contributed by atoms with Crippen LogP contribution in [0.25, 0.3) is 0 Å². The van der Waals surface area contributed by atoms with E-state index in [0.29, 0.717) is 25.5 Å². The lowest BCUT2D eigenvalue weighted by Gasteiger charge is -2.12. The first-order chi connectivity index (χ1) is 10.5. The maximum Gasteiger partial charge on any atom is 0.224 e. The molecule has 122 valence electrons. The van der Waals surface area contributed by atoms with Crippen LogP contribution in [0.1, 0.15) is 31.7 Å². The molecule has 1 atom stereocenters. The molecule has 6 nitrogen and oxygen atoms in total. The number of carbonyl (C=O) groups is 1. The monoisotopic (exact) mass is 326 g/mol. The van der Waals surface area contributed by atoms with Gasteiger partial charge in [0.05, 0.1) is 24.0 Å². The van der Waals surface area contributed by atoms with Gasteiger partial charge in [-0.15, -0.1) is 0 Å². The first-order valence-corrected chi connectivity index (χ1v) is 9.39. The summed E-state index contributed by atoms with van der Waals surface area (Å²) >= 11 is 0. The molecule has 0 saturated carbocycles. The lowest BCUT2D eigenvalue weighted by atomic mass is 10.1. The summed E-state index contributed by atoms with van der Waals surface area (Å²) in [5, 5.41) is 2.79. The lowest BCUT2D eigenvalue weighted by molar-refractivity contribution is -0.124. The Bertz CT molecular complexity index is 616. The molecule has 1 unspecified atom stereocenters. The summed E-state index contributed by atoms with van der Waals surface area (Å²) in [5.74, 6) is -0.0828. The highest BCUT2D eigenvalue weighted by atomic mass is 32.2. The number of hydrogen-bond donors (Lipinski definition) is 1. The Morgan fingerprint density at radius 3 is 3.00 bits per heavy atom. The van der Waals surface area contributed by atoms with E-state index in [1.54, 1.807) is 12.3 Å². The smallest absolute Gasteiger partial charge is 0.224 e. The van der Waals surface area contributed by atoms with Gasteiger partial charge >= 0.3 is 0 Å². The Kier molecular flexibility index (Phi) is 5.76. The maximum atomic E-state index is 12.0. The van der Waals surface area contributed by atoms with Gasteiger partial charge < -0.3 is 10.1 Å². The van der Waals surface area contributed by atoms with Gasteiger partial charge in [-0.2, -0.15) is 0 Å². The summed E-state index contributed by atoms with van der Waals surface area (Å²) in [6.07, 6.45) is 4.04. The Hall–Kier alpha value is -1.63. The van der Waals surface area contributed by atoms with E-state index in [9.17, 15) is 13.2 Å². The fourth-order valence-corrected chi connectivity index (χ4v) is 4.07. The topological polar surface area (TPSA) is 85.4 Å². The van der Waals surface area contributed by atoms with Crippen molar-refractivity contribution >= 4 is 15.7 Å². The van der Waals surface area contributed by atoms with Gasteiger partial charge in [0.25, 0.3) is 0 Å². The Labute approximate surface area is 131 Å². The molecule has 1 aromatic rings. The molecular formula is C15H22N2O4S. The van der Waals surface area contributed by atoms with Crippen molar-refractivity contribution in [2.24, 2.45) is 5.92 Å². The second kappa shape index (κ2) is 7.58. The Morgan fingerprint density at radius 1 is 1.50 bits per heavy atom. The molecule has 0 aliphatic carbocycles. The first kappa shape index (κ1) is 16.7. The van der Waals surface area contributed by atoms with Crippen molar-refractivity contribution in [2.75, 3.05) is 18.1 Å². The van der Waals surface area contributed by atoms with E-state index in [1.807, 2.05) is 6.07 Å². The van der Waals surface area contributed by atoms with E-state index >= 15 is 0 Å². The highest BCUT2D eigenvalue weighted by Gasteiger charge is 2.32. The molecule has 0 bridgehead atoms. The van der Waals surface area contributed by atoms with Crippen LogP contribution in [0.5, 0.6) is 5.88 Å². The summed E-state index contributed by atoms with van der Waals surface area (Å²) in [6, 6.07) is 3.63. The van der Waals surface area contributed by atoms with Crippen LogP contribution in [0.3, 0.4) is 0 Å². The first-order valence-electron chi connectivity index (χ1n) is 7.56. The van der Waals surface area contributed by atoms with Crippen LogP contribution in [-0.2, 0) is 21.2 Å². The Balaban J connectivity index is 1.90. The van der Waals surface area contributed by atoms with Crippen LogP contribution in [0.2, 0.25) is 0 Å². The minimum atomic E-state index is -3.04. The van der Waals surface area contributed by atoms with Gasteiger partial charge in [0.2, 0.25) is 11.8 Å². The second-order valence-corrected chi connectivity index (χ2v) is 7.72. The lowest BCUT2D eigenvalue weighted by Crippen LogP contribution is -2.31. The van der Waals surface area contributed by atoms with Crippen molar-refractivity contribution in [1.29, 1.82) is 0 Å². The van der Waals surface area contributed by atoms with E-state index in [4.69, 9.17) is 4.74 Å². The zero-order valence-corrected chi connectivity index (χ0v) is 13.6. The number of pyridine rings is 1. The molecule has 1 aliphatic rings. The number of amides is 1. The average molecular weight is 326 g/mol. The number of nitrogens with one attached hydrogen (secondary N) is 1. The third-order valence-electron chi connectivity index (χ3n) is 3.64. The molecule has 1 amide bonds. The van der Waals surface area contributed by atoms with Gasteiger partial charge in [0, 0.05) is 18.3 Å². The van der Waals surface area contributed by atoms with E-state index in [2.05, 4.69) is 17.2 Å². The second-order valence-electron chi connectivity index (χ2n) is 5.49. The molecule has 1 aliphatic heterocycles. The molecule has 1 saturated heterocycles. The van der Waals surface area contributed by atoms with E-state index in [-0.39, 0.29) is 17.4 Å². The van der Waals surface area contributed by atoms with Gasteiger partial charge in [-0.05, 0) is 18.9 Å². The van der Waals surface area contributed by atoms with Gasteiger partial charge in [-0.3, -0.25) is 4.79 Å². The number of aromatic nitrogens is 1. The normalized spacial score (nSPS) is 19.8. The minimum Gasteiger partial charge on any atom is -0.477 e. The summed E-state index contributed by atoms with van der Waals surface area (Å²) in [7, 11) is -3.04. The Morgan fingerprint density at radius 2 is 2.32 bits per heavy atom. The van der Waals surface area contributed by atoms with Crippen LogP contribution < -0.4 is 10.1 Å². The molecular weight excluding hydrogens is 304 g/mol. The zero-order valence-electron chi connectivity index (χ0n) is 12.7. The number of carbonyl (C=O) groups excluding carboxylic acids is 1. The number of hydrogen-bond acceptors (Lipinski definition) is 5. The zero-order chi connectivity index (χ0) is 16.0. The average Bonchev–Trinajstić information content (AvgIpc) is 2.86. The number of nitrogens with zero attached hydrogens (tertiary/aromatic N) is 1. The van der Waals surface area contributed by atoms with Crippen LogP contribution in [-0.4, -0.2) is 37.4 Å². The predicted molar refractivity (Wildman–Crippen MR) is 83.2 cm³/mol. The third-order valence-corrected chi connectivity index (χ3v) is 5.41. The van der Waals surface area contributed by atoms with Gasteiger partial charge in [-0.25, -0.2) is 13.4 Å². The fourth-order valence-electron chi connectivity index (χ4n) is 2.33. The van der Waals surface area contributed by atoms with Crippen molar-refractivity contribution < 1.29 is 17.9 Å². The quantitative estimate of drug-likeness (QED) is 0.764. The molecule has 22 heavy (non-hydrogen) atoms. The van der Waals surface area contributed by atoms with Gasteiger partial charge in [-0.1, -0.05) is 19.4 Å². The van der Waals surface area contributed by atoms with Gasteiger partial charge in [0.15, 0.2) is 9.84 Å². The molecule has 1 aromatic heterocycles. The van der Waals surface area contributed by atoms with E-state index in [0.717, 1.165) is 18.4 Å². The number of rotatable bonds is 7. The van der Waals surface area contributed by atoms with Crippen molar-refractivity contribution in [3.05, 3.63) is 23.9 Å². The van der Waals surface area contributed by atoms with Crippen molar-refractivity contribution in [3.63, 3.8) is 0 Å². The molecule has 1 N–H and O–H groups in total. The predicted octanol–water partition coefficient (Wildman–Crippen LogP) is 1.31. The molecule has 7 heteroatoms. The maximum absolute atomic E-state index is 12.0. The highest BCUT2D eigenvalue weighted by Crippen LogP contribution is 2.19. The largest absolute Gasteiger partial charge is 0.477 e. The number of sulfone groups is 1. The minimum absolute atomic E-state index is 0.0499. The van der Waals surface area contributed by atoms with E-state index < -0.39 is 15.8 Å². The standard InChI is InChI=1S/C15H22N2O4S/c1-2-3-8-21-15-12(5-4-7-16-15)10-17-14(18)13-6-9-22(19,20)11-13/h4-5,7,13H,2-3,6,8-11H2,1H3,(H,17,18). The van der Waals surface area contributed by atoms with E-state index in [1.165, 1.54) is 0 Å². The van der Waals surface area contributed by atoms with Crippen LogP contribution in [0, 0.1) is 5.92 Å². The fraction of sp³-hybridized carbons (Fsp3) is 0.600. The molecule has 0 aromatic carbocycles.